The molecule has 0 saturated heterocycles. The molecule has 0 bridgehead atoms. The maximum atomic E-state index is 5.55. The molecule has 0 atom stereocenters. The van der Waals surface area contributed by atoms with Gasteiger partial charge in [-0.3, -0.25) is 0 Å². The number of aromatic nitrogens is 2. The van der Waals surface area contributed by atoms with Crippen molar-refractivity contribution in [3.8, 4) is 11.8 Å². The van der Waals surface area contributed by atoms with E-state index in [2.05, 4.69) is 9.97 Å². The fourth-order valence-corrected chi connectivity index (χ4v) is 1.07. The maximum Gasteiger partial charge on any atom is 0.321 e. The summed E-state index contributed by atoms with van der Waals surface area (Å²) in [6, 6.07) is 7.43. The first-order valence-electron chi connectivity index (χ1n) is 4.56. The Kier molecular flexibility index (Phi) is 2.49. The summed E-state index contributed by atoms with van der Waals surface area (Å²) in [7, 11) is 0. The molecular weight excluding hydrogens is 190 g/mol. The highest BCUT2D eigenvalue weighted by molar-refractivity contribution is 5.42. The van der Waals surface area contributed by atoms with E-state index in [0.29, 0.717) is 17.4 Å². The third-order valence-corrected chi connectivity index (χ3v) is 1.85. The molecule has 2 aromatic rings. The third-order valence-electron chi connectivity index (χ3n) is 1.85. The Balaban J connectivity index is 2.15. The summed E-state index contributed by atoms with van der Waals surface area (Å²) in [5.74, 6) is 0.674. The molecular formula is C11H11N3O. The zero-order chi connectivity index (χ0) is 10.7. The van der Waals surface area contributed by atoms with E-state index in [0.717, 1.165) is 5.56 Å². The Labute approximate surface area is 87.7 Å². The van der Waals surface area contributed by atoms with Crippen LogP contribution in [0, 0.1) is 6.92 Å². The lowest BCUT2D eigenvalue weighted by Crippen LogP contribution is -1.92. The van der Waals surface area contributed by atoms with Gasteiger partial charge in [0, 0.05) is 18.1 Å². The van der Waals surface area contributed by atoms with Crippen LogP contribution in [0.4, 0.5) is 5.69 Å². The zero-order valence-corrected chi connectivity index (χ0v) is 8.34. The van der Waals surface area contributed by atoms with Crippen LogP contribution in [0.1, 0.15) is 5.56 Å². The number of anilines is 1. The molecule has 0 saturated carbocycles. The zero-order valence-electron chi connectivity index (χ0n) is 8.34. The van der Waals surface area contributed by atoms with Gasteiger partial charge in [0.2, 0.25) is 0 Å². The molecule has 0 aliphatic heterocycles. The summed E-state index contributed by atoms with van der Waals surface area (Å²) in [5, 5.41) is 0. The monoisotopic (exact) mass is 201 g/mol. The highest BCUT2D eigenvalue weighted by Gasteiger charge is 1.98. The predicted octanol–water partition coefficient (Wildman–Crippen LogP) is 2.16. The molecule has 0 aliphatic carbocycles. The summed E-state index contributed by atoms with van der Waals surface area (Å²) in [6.45, 7) is 1.92. The minimum absolute atomic E-state index is 0.338. The lowest BCUT2D eigenvalue weighted by Gasteiger charge is -2.03. The van der Waals surface area contributed by atoms with Gasteiger partial charge in [0.25, 0.3) is 0 Å². The van der Waals surface area contributed by atoms with Gasteiger partial charge in [0.05, 0.1) is 0 Å². The topological polar surface area (TPSA) is 61.0 Å². The van der Waals surface area contributed by atoms with Gasteiger partial charge >= 0.3 is 6.01 Å². The standard InChI is InChI=1S/C11H11N3O/c1-8-6-13-11(14-7-8)15-10-4-2-9(12)3-5-10/h2-7H,12H2,1H3. The van der Waals surface area contributed by atoms with E-state index in [9.17, 15) is 0 Å². The van der Waals surface area contributed by atoms with Crippen LogP contribution in [0.3, 0.4) is 0 Å². The lowest BCUT2D eigenvalue weighted by molar-refractivity contribution is 0.441. The van der Waals surface area contributed by atoms with Gasteiger partial charge in [0.1, 0.15) is 5.75 Å². The third kappa shape index (κ3) is 2.43. The van der Waals surface area contributed by atoms with Crippen molar-refractivity contribution < 1.29 is 4.74 Å². The molecule has 0 spiro atoms. The number of nitrogens with two attached hydrogens (primary N) is 1. The fraction of sp³-hybridized carbons (Fsp3) is 0.0909. The lowest BCUT2D eigenvalue weighted by atomic mass is 10.3. The molecule has 76 valence electrons. The largest absolute Gasteiger partial charge is 0.424 e. The van der Waals surface area contributed by atoms with Crippen LogP contribution in [0.15, 0.2) is 36.7 Å². The maximum absolute atomic E-state index is 5.55. The van der Waals surface area contributed by atoms with E-state index < -0.39 is 0 Å². The van der Waals surface area contributed by atoms with Gasteiger partial charge in [-0.05, 0) is 36.8 Å². The van der Waals surface area contributed by atoms with Crippen molar-refractivity contribution in [2.45, 2.75) is 6.92 Å². The van der Waals surface area contributed by atoms with Crippen LogP contribution < -0.4 is 10.5 Å². The number of nitrogens with zero attached hydrogens (tertiary/aromatic N) is 2. The molecule has 1 aromatic carbocycles. The number of benzene rings is 1. The second-order valence-corrected chi connectivity index (χ2v) is 3.21. The van der Waals surface area contributed by atoms with E-state index in [1.807, 2.05) is 6.92 Å². The predicted molar refractivity (Wildman–Crippen MR) is 57.7 cm³/mol. The van der Waals surface area contributed by atoms with Crippen LogP contribution >= 0.6 is 0 Å². The molecule has 0 radical (unpaired) electrons. The Morgan fingerprint density at radius 2 is 1.67 bits per heavy atom. The summed E-state index contributed by atoms with van der Waals surface area (Å²) in [4.78, 5) is 8.06. The van der Waals surface area contributed by atoms with Crippen molar-refractivity contribution in [2.24, 2.45) is 0 Å². The summed E-state index contributed by atoms with van der Waals surface area (Å²) >= 11 is 0. The van der Waals surface area contributed by atoms with Gasteiger partial charge in [-0.1, -0.05) is 0 Å². The quantitative estimate of drug-likeness (QED) is 0.756. The highest BCUT2D eigenvalue weighted by Crippen LogP contribution is 2.18. The second-order valence-electron chi connectivity index (χ2n) is 3.21. The average Bonchev–Trinajstić information content (AvgIpc) is 2.25. The SMILES string of the molecule is Cc1cnc(Oc2ccc(N)cc2)nc1. The number of hydrogen-bond donors (Lipinski definition) is 1. The normalized spacial score (nSPS) is 9.93. The van der Waals surface area contributed by atoms with Crippen molar-refractivity contribution in [1.29, 1.82) is 0 Å². The van der Waals surface area contributed by atoms with Gasteiger partial charge < -0.3 is 10.5 Å². The summed E-state index contributed by atoms with van der Waals surface area (Å²) in [6.07, 6.45) is 3.42. The first kappa shape index (κ1) is 9.45. The second kappa shape index (κ2) is 3.96. The summed E-state index contributed by atoms with van der Waals surface area (Å²) < 4.78 is 5.41. The fourth-order valence-electron chi connectivity index (χ4n) is 1.07. The summed E-state index contributed by atoms with van der Waals surface area (Å²) in [5.41, 5.74) is 7.25. The number of aryl methyl sites for hydroxylation is 1. The molecule has 0 fully saturated rings. The van der Waals surface area contributed by atoms with E-state index in [1.54, 1.807) is 36.7 Å². The molecule has 15 heavy (non-hydrogen) atoms. The minimum Gasteiger partial charge on any atom is -0.424 e. The molecule has 0 amide bonds. The van der Waals surface area contributed by atoms with Crippen molar-refractivity contribution in [3.05, 3.63) is 42.2 Å². The molecule has 0 unspecified atom stereocenters. The van der Waals surface area contributed by atoms with Gasteiger partial charge in [-0.25, -0.2) is 9.97 Å². The minimum atomic E-state index is 0.338. The Bertz CT molecular complexity index is 393. The van der Waals surface area contributed by atoms with Crippen LogP contribution in [-0.2, 0) is 0 Å². The van der Waals surface area contributed by atoms with E-state index >= 15 is 0 Å². The molecule has 0 aliphatic rings. The highest BCUT2D eigenvalue weighted by atomic mass is 16.5. The molecule has 1 aromatic heterocycles. The van der Waals surface area contributed by atoms with Gasteiger partial charge in [-0.15, -0.1) is 0 Å². The number of hydrogen-bond acceptors (Lipinski definition) is 4. The molecule has 1 heterocycles. The van der Waals surface area contributed by atoms with Crippen molar-refractivity contribution in [3.63, 3.8) is 0 Å². The van der Waals surface area contributed by atoms with Crippen molar-refractivity contribution >= 4 is 5.69 Å². The molecule has 4 nitrogen and oxygen atoms in total. The van der Waals surface area contributed by atoms with Gasteiger partial charge in [-0.2, -0.15) is 0 Å². The molecule has 4 heteroatoms. The Morgan fingerprint density at radius 1 is 1.07 bits per heavy atom. The Morgan fingerprint density at radius 3 is 2.27 bits per heavy atom. The van der Waals surface area contributed by atoms with E-state index in [4.69, 9.17) is 10.5 Å². The smallest absolute Gasteiger partial charge is 0.321 e. The van der Waals surface area contributed by atoms with Crippen LogP contribution in [0.5, 0.6) is 11.8 Å². The Hall–Kier alpha value is -2.10. The first-order chi connectivity index (χ1) is 7.24. The number of ether oxygens (including phenoxy) is 1. The van der Waals surface area contributed by atoms with Crippen molar-refractivity contribution in [2.75, 3.05) is 5.73 Å². The molecule has 2 N–H and O–H groups in total. The average molecular weight is 201 g/mol. The molecule has 2 rings (SSSR count). The van der Waals surface area contributed by atoms with E-state index in [1.165, 1.54) is 0 Å². The van der Waals surface area contributed by atoms with Crippen molar-refractivity contribution in [1.82, 2.24) is 9.97 Å². The van der Waals surface area contributed by atoms with Crippen LogP contribution in [0.2, 0.25) is 0 Å². The first-order valence-corrected chi connectivity index (χ1v) is 4.56. The van der Waals surface area contributed by atoms with Crippen LogP contribution in [-0.4, -0.2) is 9.97 Å². The number of rotatable bonds is 2. The number of nitrogen functional groups attached to an aromatic ring is 1. The van der Waals surface area contributed by atoms with E-state index in [-0.39, 0.29) is 0 Å². The van der Waals surface area contributed by atoms with Gasteiger partial charge in [0.15, 0.2) is 0 Å². The van der Waals surface area contributed by atoms with Crippen LogP contribution in [0.25, 0.3) is 0 Å².